The van der Waals surface area contributed by atoms with Crippen molar-refractivity contribution in [1.29, 1.82) is 0 Å². The van der Waals surface area contributed by atoms with Gasteiger partial charge in [-0.3, -0.25) is 4.79 Å². The second-order valence-corrected chi connectivity index (χ2v) is 5.63. The Hall–Kier alpha value is -2.79. The largest absolute Gasteiger partial charge is 0.465 e. The van der Waals surface area contributed by atoms with Gasteiger partial charge in [0.25, 0.3) is 0 Å². The lowest BCUT2D eigenvalue weighted by molar-refractivity contribution is -0.151. The Morgan fingerprint density at radius 1 is 1.12 bits per heavy atom. The number of ether oxygens (including phenoxy) is 1. The molecule has 1 unspecified atom stereocenters. The Morgan fingerprint density at radius 2 is 1.75 bits per heavy atom. The summed E-state index contributed by atoms with van der Waals surface area (Å²) in [7, 11) is 0. The fraction of sp³-hybridized carbons (Fsp3) is 0.227. The summed E-state index contributed by atoms with van der Waals surface area (Å²) in [5.74, 6) is 2.37. The molecule has 0 aliphatic heterocycles. The van der Waals surface area contributed by atoms with Crippen LogP contribution in [-0.2, 0) is 16.0 Å². The van der Waals surface area contributed by atoms with Crippen molar-refractivity contribution >= 4 is 12.0 Å². The number of rotatable bonds is 7. The van der Waals surface area contributed by atoms with Gasteiger partial charge in [0.05, 0.1) is 6.61 Å². The van der Waals surface area contributed by atoms with Gasteiger partial charge in [0.2, 0.25) is 0 Å². The SMILES string of the molecule is C#CC(C/C=C/c1ccccc1)(Cc1ccccc1)C(=O)OCC. The highest BCUT2D eigenvalue weighted by molar-refractivity contribution is 5.81. The summed E-state index contributed by atoms with van der Waals surface area (Å²) in [6.45, 7) is 2.11. The Balaban J connectivity index is 2.23. The summed E-state index contributed by atoms with van der Waals surface area (Å²) < 4.78 is 5.26. The van der Waals surface area contributed by atoms with Crippen LogP contribution in [0.4, 0.5) is 0 Å². The molecule has 0 N–H and O–H groups in total. The third-order valence-electron chi connectivity index (χ3n) is 3.87. The molecule has 0 spiro atoms. The third kappa shape index (κ3) is 4.60. The molecule has 0 aliphatic carbocycles. The van der Waals surface area contributed by atoms with E-state index in [-0.39, 0.29) is 5.97 Å². The van der Waals surface area contributed by atoms with E-state index in [1.165, 1.54) is 0 Å². The van der Waals surface area contributed by atoms with Gasteiger partial charge in [-0.05, 0) is 30.9 Å². The van der Waals surface area contributed by atoms with Gasteiger partial charge >= 0.3 is 5.97 Å². The van der Waals surface area contributed by atoms with Crippen LogP contribution in [0.5, 0.6) is 0 Å². The van der Waals surface area contributed by atoms with E-state index in [1.807, 2.05) is 72.8 Å². The summed E-state index contributed by atoms with van der Waals surface area (Å²) >= 11 is 0. The summed E-state index contributed by atoms with van der Waals surface area (Å²) in [6.07, 6.45) is 10.6. The number of hydrogen-bond donors (Lipinski definition) is 0. The van der Waals surface area contributed by atoms with E-state index in [0.29, 0.717) is 19.4 Å². The van der Waals surface area contributed by atoms with Gasteiger partial charge in [0.15, 0.2) is 0 Å². The molecule has 0 aliphatic rings. The maximum atomic E-state index is 12.5. The molecular formula is C22H22O2. The molecule has 0 aromatic heterocycles. The predicted octanol–water partition coefficient (Wildman–Crippen LogP) is 4.52. The fourth-order valence-electron chi connectivity index (χ4n) is 2.57. The quantitative estimate of drug-likeness (QED) is 0.554. The standard InChI is InChI=1S/C22H22O2/c1-3-22(21(23)24-4-2,18-20-14-9-6-10-15-20)17-11-16-19-12-7-5-8-13-19/h1,5-16H,4,17-18H2,2H3/b16-11+. The molecule has 122 valence electrons. The van der Waals surface area contributed by atoms with E-state index in [9.17, 15) is 4.79 Å². The highest BCUT2D eigenvalue weighted by Gasteiger charge is 2.37. The van der Waals surface area contributed by atoms with Crippen molar-refractivity contribution in [3.8, 4) is 12.3 Å². The number of terminal acetylenes is 1. The van der Waals surface area contributed by atoms with Gasteiger partial charge in [-0.2, -0.15) is 0 Å². The highest BCUT2D eigenvalue weighted by Crippen LogP contribution is 2.29. The van der Waals surface area contributed by atoms with Crippen LogP contribution in [0.25, 0.3) is 6.08 Å². The molecule has 2 aromatic carbocycles. The highest BCUT2D eigenvalue weighted by atomic mass is 16.5. The minimum atomic E-state index is -0.983. The van der Waals surface area contributed by atoms with Gasteiger partial charge in [-0.1, -0.05) is 78.7 Å². The third-order valence-corrected chi connectivity index (χ3v) is 3.87. The molecule has 2 heteroatoms. The molecule has 0 saturated heterocycles. The molecule has 0 fully saturated rings. The van der Waals surface area contributed by atoms with E-state index in [2.05, 4.69) is 5.92 Å². The van der Waals surface area contributed by atoms with E-state index in [4.69, 9.17) is 11.2 Å². The Kier molecular flexibility index (Phi) is 6.40. The van der Waals surface area contributed by atoms with Crippen LogP contribution in [0.2, 0.25) is 0 Å². The average molecular weight is 318 g/mol. The number of hydrogen-bond acceptors (Lipinski definition) is 2. The second kappa shape index (κ2) is 8.74. The topological polar surface area (TPSA) is 26.3 Å². The summed E-state index contributed by atoms with van der Waals surface area (Å²) in [6, 6.07) is 19.7. The van der Waals surface area contributed by atoms with Gasteiger partial charge in [-0.25, -0.2) is 0 Å². The molecular weight excluding hydrogens is 296 g/mol. The number of carbonyl (C=O) groups is 1. The van der Waals surface area contributed by atoms with Crippen LogP contribution in [0.3, 0.4) is 0 Å². The zero-order valence-corrected chi connectivity index (χ0v) is 13.9. The van der Waals surface area contributed by atoms with Crippen molar-refractivity contribution < 1.29 is 9.53 Å². The number of benzene rings is 2. The van der Waals surface area contributed by atoms with Crippen LogP contribution in [-0.4, -0.2) is 12.6 Å². The molecule has 0 saturated carbocycles. The zero-order valence-electron chi connectivity index (χ0n) is 13.9. The molecule has 2 aromatic rings. The minimum Gasteiger partial charge on any atom is -0.465 e. The first-order valence-electron chi connectivity index (χ1n) is 8.10. The van der Waals surface area contributed by atoms with Gasteiger partial charge in [0.1, 0.15) is 5.41 Å². The first-order valence-corrected chi connectivity index (χ1v) is 8.10. The van der Waals surface area contributed by atoms with Crippen molar-refractivity contribution in [1.82, 2.24) is 0 Å². The lowest BCUT2D eigenvalue weighted by atomic mass is 9.79. The van der Waals surface area contributed by atoms with E-state index < -0.39 is 5.41 Å². The van der Waals surface area contributed by atoms with Crippen LogP contribution in [0.1, 0.15) is 24.5 Å². The predicted molar refractivity (Wildman–Crippen MR) is 98.1 cm³/mol. The maximum Gasteiger partial charge on any atom is 0.324 e. The van der Waals surface area contributed by atoms with Crippen molar-refractivity contribution in [2.45, 2.75) is 19.8 Å². The number of carbonyl (C=O) groups excluding carboxylic acids is 1. The molecule has 24 heavy (non-hydrogen) atoms. The average Bonchev–Trinajstić information content (AvgIpc) is 2.63. The van der Waals surface area contributed by atoms with Crippen LogP contribution < -0.4 is 0 Å². The van der Waals surface area contributed by atoms with E-state index in [0.717, 1.165) is 11.1 Å². The second-order valence-electron chi connectivity index (χ2n) is 5.63. The van der Waals surface area contributed by atoms with Crippen LogP contribution in [0, 0.1) is 17.8 Å². The van der Waals surface area contributed by atoms with Crippen molar-refractivity contribution in [2.24, 2.45) is 5.41 Å². The first-order chi connectivity index (χ1) is 11.7. The Labute approximate surface area is 144 Å². The summed E-state index contributed by atoms with van der Waals surface area (Å²) in [5, 5.41) is 0. The molecule has 0 heterocycles. The Morgan fingerprint density at radius 3 is 2.33 bits per heavy atom. The normalized spacial score (nSPS) is 13.2. The molecule has 1 atom stereocenters. The molecule has 0 amide bonds. The lowest BCUT2D eigenvalue weighted by Gasteiger charge is -2.25. The van der Waals surface area contributed by atoms with Crippen LogP contribution in [0.15, 0.2) is 66.7 Å². The van der Waals surface area contributed by atoms with Crippen LogP contribution >= 0.6 is 0 Å². The molecule has 2 rings (SSSR count). The lowest BCUT2D eigenvalue weighted by Crippen LogP contribution is -2.33. The number of esters is 1. The summed E-state index contributed by atoms with van der Waals surface area (Å²) in [5.41, 5.74) is 1.12. The van der Waals surface area contributed by atoms with Gasteiger partial charge < -0.3 is 4.74 Å². The van der Waals surface area contributed by atoms with Gasteiger partial charge in [-0.15, -0.1) is 6.42 Å². The fourth-order valence-corrected chi connectivity index (χ4v) is 2.57. The minimum absolute atomic E-state index is 0.319. The van der Waals surface area contributed by atoms with Crippen molar-refractivity contribution in [3.05, 3.63) is 77.9 Å². The van der Waals surface area contributed by atoms with Crippen molar-refractivity contribution in [2.75, 3.05) is 6.61 Å². The maximum absolute atomic E-state index is 12.5. The van der Waals surface area contributed by atoms with E-state index >= 15 is 0 Å². The molecule has 2 nitrogen and oxygen atoms in total. The first kappa shape index (κ1) is 17.6. The monoisotopic (exact) mass is 318 g/mol. The smallest absolute Gasteiger partial charge is 0.324 e. The van der Waals surface area contributed by atoms with Gasteiger partial charge in [0, 0.05) is 0 Å². The van der Waals surface area contributed by atoms with Crippen molar-refractivity contribution in [3.63, 3.8) is 0 Å². The molecule has 0 radical (unpaired) electrons. The Bertz CT molecular complexity index is 711. The molecule has 0 bridgehead atoms. The zero-order chi connectivity index (χ0) is 17.3. The number of allylic oxidation sites excluding steroid dienone is 1. The van der Waals surface area contributed by atoms with E-state index in [1.54, 1.807) is 6.92 Å². The summed E-state index contributed by atoms with van der Waals surface area (Å²) in [4.78, 5) is 12.5.